The van der Waals surface area contributed by atoms with Gasteiger partial charge in [0, 0.05) is 55.0 Å². The van der Waals surface area contributed by atoms with Crippen LogP contribution in [0.1, 0.15) is 53.5 Å². The van der Waals surface area contributed by atoms with E-state index in [0.717, 1.165) is 54.2 Å². The lowest BCUT2D eigenvalue weighted by atomic mass is 9.89. The normalized spacial score (nSPS) is 24.7. The van der Waals surface area contributed by atoms with Gasteiger partial charge in [-0.15, -0.1) is 0 Å². The number of halogens is 1. The van der Waals surface area contributed by atoms with Gasteiger partial charge in [-0.3, -0.25) is 9.35 Å². The Balaban J connectivity index is 0.000000309. The second-order valence-corrected chi connectivity index (χ2v) is 12.0. The van der Waals surface area contributed by atoms with E-state index in [4.69, 9.17) is 11.4 Å². The third kappa shape index (κ3) is 6.06. The molecule has 3 atom stereocenters. The van der Waals surface area contributed by atoms with Crippen molar-refractivity contribution in [1.29, 1.82) is 0 Å². The van der Waals surface area contributed by atoms with Crippen molar-refractivity contribution in [1.82, 2.24) is 0 Å². The standard InChI is InChI=1S/C24H28FN3O.C7H8O3S/c1-26-14-15-28-21-11-13-27(16-20(21)19-4-2-5-22(26)24(19)28)12-3-6-23(29)17-7-9-18(25)10-8-17;1-6-2-4-7(5-3-6)11(8,9)10/h2,4-5,7-10,20-21H,3,6,11-16H2,1H3;2-5H,1H3,(H,8,9,10)/p+1/t20-,21-;/m0./s1/i1D3,14D2;. The SMILES string of the molecule is Cc1ccc(S(=O)(=O)O)cc1.[2H]C([2H])([2H])N1c2cccc3c2N(CC1([2H])[2H])[C@H]1CC[NH+](CCCC(=O)c2ccc(F)cc2)C[C@@H]31. The molecule has 6 rings (SSSR count). The Morgan fingerprint density at radius 2 is 1.90 bits per heavy atom. The number of nitrogens with one attached hydrogen (secondary N) is 1. The minimum Gasteiger partial charge on any atom is -0.371 e. The number of likely N-dealkylation sites (tertiary alicyclic amines) is 1. The number of quaternary nitrogens is 1. The first-order valence-electron chi connectivity index (χ1n) is 15.9. The summed E-state index contributed by atoms with van der Waals surface area (Å²) in [5.41, 5.74) is 3.92. The second kappa shape index (κ2) is 11.7. The van der Waals surface area contributed by atoms with Crippen LogP contribution < -0.4 is 14.7 Å². The van der Waals surface area contributed by atoms with Gasteiger partial charge in [-0.2, -0.15) is 8.42 Å². The van der Waals surface area contributed by atoms with Crippen molar-refractivity contribution >= 4 is 27.3 Å². The van der Waals surface area contributed by atoms with Gasteiger partial charge in [0.1, 0.15) is 5.82 Å². The van der Waals surface area contributed by atoms with E-state index >= 15 is 0 Å². The van der Waals surface area contributed by atoms with E-state index in [9.17, 15) is 17.6 Å². The van der Waals surface area contributed by atoms with Crippen LogP contribution in [0, 0.1) is 12.7 Å². The molecule has 1 unspecified atom stereocenters. The highest BCUT2D eigenvalue weighted by Gasteiger charge is 2.46. The molecule has 212 valence electrons. The quantitative estimate of drug-likeness (QED) is 0.347. The topological polar surface area (TPSA) is 82.4 Å². The summed E-state index contributed by atoms with van der Waals surface area (Å²) in [6.07, 6.45) is 2.06. The van der Waals surface area contributed by atoms with Gasteiger partial charge in [-0.25, -0.2) is 4.39 Å². The maximum Gasteiger partial charge on any atom is 0.294 e. The molecular weight excluding hydrogens is 529 g/mol. The van der Waals surface area contributed by atoms with Crippen LogP contribution >= 0.6 is 0 Å². The van der Waals surface area contributed by atoms with Crippen LogP contribution in [0.4, 0.5) is 15.8 Å². The molecule has 0 radical (unpaired) electrons. The number of rotatable bonds is 6. The smallest absolute Gasteiger partial charge is 0.294 e. The number of anilines is 2. The van der Waals surface area contributed by atoms with Crippen molar-refractivity contribution < 1.29 is 33.9 Å². The lowest BCUT2D eigenvalue weighted by Gasteiger charge is -2.40. The van der Waals surface area contributed by atoms with E-state index in [1.807, 2.05) is 13.0 Å². The summed E-state index contributed by atoms with van der Waals surface area (Å²) >= 11 is 0. The van der Waals surface area contributed by atoms with Crippen LogP contribution in [0.25, 0.3) is 0 Å². The summed E-state index contributed by atoms with van der Waals surface area (Å²) in [6, 6.07) is 17.4. The molecule has 7 nitrogen and oxygen atoms in total. The molecule has 1 fully saturated rings. The number of piperidine rings is 1. The minimum atomic E-state index is -4.02. The Morgan fingerprint density at radius 1 is 1.15 bits per heavy atom. The van der Waals surface area contributed by atoms with Crippen molar-refractivity contribution in [2.75, 3.05) is 49.5 Å². The number of nitrogens with zero attached hydrogens (tertiary/aromatic N) is 2. The molecule has 3 aromatic carbocycles. The van der Waals surface area contributed by atoms with Gasteiger partial charge >= 0.3 is 0 Å². The van der Waals surface area contributed by atoms with Gasteiger partial charge in [0.05, 0.1) is 44.6 Å². The second-order valence-electron chi connectivity index (χ2n) is 10.6. The van der Waals surface area contributed by atoms with Gasteiger partial charge in [-0.1, -0.05) is 29.8 Å². The van der Waals surface area contributed by atoms with Gasteiger partial charge in [0.2, 0.25) is 0 Å². The van der Waals surface area contributed by atoms with Gasteiger partial charge in [-0.05, 0) is 55.0 Å². The number of aryl methyl sites for hydroxylation is 1. The van der Waals surface area contributed by atoms with Crippen LogP contribution in [0.15, 0.2) is 71.6 Å². The molecule has 1 saturated heterocycles. The molecule has 3 aliphatic rings. The zero-order chi connectivity index (χ0) is 32.7. The minimum absolute atomic E-state index is 0.0224. The Hall–Kier alpha value is -3.27. The first kappa shape index (κ1) is 22.4. The largest absolute Gasteiger partial charge is 0.371 e. The monoisotopic (exact) mass is 571 g/mol. The Morgan fingerprint density at radius 3 is 2.60 bits per heavy atom. The van der Waals surface area contributed by atoms with E-state index in [1.165, 1.54) is 41.3 Å². The summed E-state index contributed by atoms with van der Waals surface area (Å²) in [7, 11) is -4.02. The maximum absolute atomic E-state index is 13.1. The predicted octanol–water partition coefficient (Wildman–Crippen LogP) is 3.74. The summed E-state index contributed by atoms with van der Waals surface area (Å²) in [6.45, 7) is -0.0145. The molecule has 0 aromatic heterocycles. The first-order valence-corrected chi connectivity index (χ1v) is 14.9. The number of hydrogen-bond acceptors (Lipinski definition) is 5. The highest BCUT2D eigenvalue weighted by molar-refractivity contribution is 7.85. The summed E-state index contributed by atoms with van der Waals surface area (Å²) in [5, 5.41) is 0. The number of para-hydroxylation sites is 1. The van der Waals surface area contributed by atoms with Gasteiger partial charge in [0.15, 0.2) is 5.78 Å². The Bertz CT molecular complexity index is 1650. The zero-order valence-electron chi connectivity index (χ0n) is 27.3. The number of likely N-dealkylation sites (N-methyl/N-ethyl adjacent to an activating group) is 1. The van der Waals surface area contributed by atoms with Gasteiger partial charge < -0.3 is 14.7 Å². The van der Waals surface area contributed by atoms with E-state index in [-0.39, 0.29) is 35.0 Å². The maximum atomic E-state index is 13.1. The molecule has 0 saturated carbocycles. The van der Waals surface area contributed by atoms with Crippen LogP contribution in [-0.2, 0) is 10.1 Å². The zero-order valence-corrected chi connectivity index (χ0v) is 23.1. The molecule has 0 amide bonds. The van der Waals surface area contributed by atoms with Crippen LogP contribution in [0.3, 0.4) is 0 Å². The first-order chi connectivity index (χ1) is 21.1. The van der Waals surface area contributed by atoms with Crippen LogP contribution in [0.5, 0.6) is 0 Å². The molecule has 0 aliphatic carbocycles. The predicted molar refractivity (Wildman–Crippen MR) is 155 cm³/mol. The third-order valence-electron chi connectivity index (χ3n) is 7.96. The fourth-order valence-electron chi connectivity index (χ4n) is 5.94. The average molecular weight is 572 g/mol. The molecule has 2 N–H and O–H groups in total. The highest BCUT2D eigenvalue weighted by atomic mass is 32.2. The van der Waals surface area contributed by atoms with Crippen LogP contribution in [-0.4, -0.2) is 64.4 Å². The molecule has 3 aliphatic heterocycles. The van der Waals surface area contributed by atoms with E-state index < -0.39 is 23.6 Å². The van der Waals surface area contributed by atoms with Crippen molar-refractivity contribution in [2.24, 2.45) is 0 Å². The molecule has 3 heterocycles. The lowest BCUT2D eigenvalue weighted by molar-refractivity contribution is -0.906. The Kier molecular flexibility index (Phi) is 6.55. The van der Waals surface area contributed by atoms with E-state index in [1.54, 1.807) is 18.2 Å². The van der Waals surface area contributed by atoms with Crippen molar-refractivity contribution in [3.63, 3.8) is 0 Å². The number of hydrogen-bond donors (Lipinski definition) is 2. The Labute approximate surface area is 243 Å². The fraction of sp³-hybridized carbons (Fsp3) is 0.387. The number of Topliss-reactive ketones (excluding diaryl/α,β-unsaturated/α-hetero) is 1. The summed E-state index contributed by atoms with van der Waals surface area (Å²) < 4.78 is 83.5. The number of benzene rings is 3. The molecular formula is C31H37FN3O4S+. The molecule has 3 aromatic rings. The molecule has 9 heteroatoms. The van der Waals surface area contributed by atoms with E-state index in [2.05, 4.69) is 11.0 Å². The number of carbonyl (C=O) groups excluding carboxylic acids is 1. The number of fused-ring (bicyclic) bond motifs is 3. The molecule has 40 heavy (non-hydrogen) atoms. The highest BCUT2D eigenvalue weighted by Crippen LogP contribution is 2.48. The van der Waals surface area contributed by atoms with Crippen LogP contribution in [0.2, 0.25) is 0 Å². The fourth-order valence-corrected chi connectivity index (χ4v) is 6.42. The van der Waals surface area contributed by atoms with Crippen molar-refractivity contribution in [2.45, 2.75) is 43.0 Å². The third-order valence-corrected chi connectivity index (χ3v) is 8.83. The lowest BCUT2D eigenvalue weighted by Crippen LogP contribution is -3.14. The van der Waals surface area contributed by atoms with Gasteiger partial charge in [0.25, 0.3) is 10.1 Å². The number of ketones is 1. The average Bonchev–Trinajstić information content (AvgIpc) is 3.25. The van der Waals surface area contributed by atoms with Crippen molar-refractivity contribution in [3.05, 3.63) is 89.2 Å². The molecule has 0 spiro atoms. The van der Waals surface area contributed by atoms with Crippen molar-refractivity contribution in [3.8, 4) is 0 Å². The molecule has 0 bridgehead atoms. The number of carbonyl (C=O) groups is 1. The summed E-state index contributed by atoms with van der Waals surface area (Å²) in [5.74, 6) is -0.120. The summed E-state index contributed by atoms with van der Waals surface area (Å²) in [4.78, 5) is 16.8. The van der Waals surface area contributed by atoms with E-state index in [0.29, 0.717) is 17.7 Å².